The van der Waals surface area contributed by atoms with Gasteiger partial charge in [0.1, 0.15) is 0 Å². The second kappa shape index (κ2) is 12.1. The second-order valence-electron chi connectivity index (χ2n) is 11.7. The fourth-order valence-corrected chi connectivity index (χ4v) is 5.80. The van der Waals surface area contributed by atoms with Gasteiger partial charge in [-0.25, -0.2) is 0 Å². The molecule has 0 spiro atoms. The molecule has 2 aromatic carbocycles. The van der Waals surface area contributed by atoms with Crippen LogP contribution in [0.3, 0.4) is 0 Å². The molecule has 6 nitrogen and oxygen atoms in total. The summed E-state index contributed by atoms with van der Waals surface area (Å²) in [5.41, 5.74) is 11.5. The highest BCUT2D eigenvalue weighted by molar-refractivity contribution is 5.93. The van der Waals surface area contributed by atoms with E-state index in [9.17, 15) is 9.59 Å². The Morgan fingerprint density at radius 1 is 1.00 bits per heavy atom. The highest BCUT2D eigenvalue weighted by atomic mass is 16.2. The van der Waals surface area contributed by atoms with Crippen LogP contribution in [0, 0.1) is 5.92 Å². The van der Waals surface area contributed by atoms with Gasteiger partial charge in [-0.1, -0.05) is 54.6 Å². The summed E-state index contributed by atoms with van der Waals surface area (Å²) in [6, 6.07) is 20.8. The number of carbonyl (C=O) groups excluding carboxylic acids is 2. The van der Waals surface area contributed by atoms with Crippen molar-refractivity contribution in [2.45, 2.75) is 84.3 Å². The Kier molecular flexibility index (Phi) is 8.86. The van der Waals surface area contributed by atoms with Gasteiger partial charge >= 0.3 is 0 Å². The molecule has 1 saturated carbocycles. The Morgan fingerprint density at radius 2 is 1.64 bits per heavy atom. The first-order valence-electron chi connectivity index (χ1n) is 14.1. The molecule has 3 N–H and O–H groups in total. The first-order chi connectivity index (χ1) is 18.5. The van der Waals surface area contributed by atoms with Crippen molar-refractivity contribution in [2.75, 3.05) is 5.32 Å². The van der Waals surface area contributed by atoms with E-state index in [0.717, 1.165) is 53.6 Å². The largest absolute Gasteiger partial charge is 0.338 e. The van der Waals surface area contributed by atoms with E-state index in [4.69, 9.17) is 10.7 Å². The van der Waals surface area contributed by atoms with Crippen LogP contribution in [0.25, 0.3) is 22.4 Å². The van der Waals surface area contributed by atoms with Crippen LogP contribution in [0.15, 0.2) is 66.9 Å². The van der Waals surface area contributed by atoms with Gasteiger partial charge in [-0.2, -0.15) is 0 Å². The Bertz CT molecular complexity index is 1270. The topological polar surface area (TPSA) is 88.3 Å². The van der Waals surface area contributed by atoms with Crippen LogP contribution in [-0.4, -0.2) is 33.8 Å². The third kappa shape index (κ3) is 7.12. The van der Waals surface area contributed by atoms with Crippen molar-refractivity contribution in [1.82, 2.24) is 9.88 Å². The highest BCUT2D eigenvalue weighted by Gasteiger charge is 2.29. The molecule has 0 aliphatic heterocycles. The number of amides is 2. The Labute approximate surface area is 233 Å². The van der Waals surface area contributed by atoms with Crippen LogP contribution in [-0.2, 0) is 15.1 Å². The van der Waals surface area contributed by atoms with Gasteiger partial charge in [-0.15, -0.1) is 0 Å². The molecule has 0 radical (unpaired) electrons. The zero-order valence-corrected chi connectivity index (χ0v) is 23.9. The lowest BCUT2D eigenvalue weighted by atomic mass is 9.83. The van der Waals surface area contributed by atoms with Crippen LogP contribution in [0.4, 0.5) is 5.69 Å². The zero-order chi connectivity index (χ0) is 28.2. The van der Waals surface area contributed by atoms with Crippen molar-refractivity contribution >= 4 is 17.5 Å². The van der Waals surface area contributed by atoms with Crippen LogP contribution in [0.1, 0.15) is 72.3 Å². The van der Waals surface area contributed by atoms with E-state index in [2.05, 4.69) is 43.4 Å². The minimum atomic E-state index is -0.414. The molecule has 2 amide bonds. The summed E-state index contributed by atoms with van der Waals surface area (Å²) in [7, 11) is 0. The summed E-state index contributed by atoms with van der Waals surface area (Å²) in [4.78, 5) is 31.9. The molecule has 6 heteroatoms. The number of nitrogens with zero attached hydrogens (tertiary/aromatic N) is 2. The van der Waals surface area contributed by atoms with Gasteiger partial charge in [-0.05, 0) is 76.5 Å². The first kappa shape index (κ1) is 28.5. The molecule has 4 rings (SSSR count). The molecule has 1 heterocycles. The van der Waals surface area contributed by atoms with E-state index in [1.807, 2.05) is 55.1 Å². The number of rotatable bonds is 8. The standard InChI is InChI=1S/C33H42N4O2/c1-22(2)37(23(3)38)29-17-11-24(12-18-29)19-31(39)36-28-20-30(25-9-7-6-8-10-25)32(35-21-28)26-13-15-27(16-14-26)33(4,5)34/h6-10,13-16,20-22,24,29H,11-12,17-19,34H2,1-5H3,(H,36,39). The number of benzene rings is 2. The summed E-state index contributed by atoms with van der Waals surface area (Å²) < 4.78 is 0. The van der Waals surface area contributed by atoms with E-state index in [1.54, 1.807) is 13.1 Å². The quantitative estimate of drug-likeness (QED) is 0.340. The highest BCUT2D eigenvalue weighted by Crippen LogP contribution is 2.34. The van der Waals surface area contributed by atoms with E-state index in [1.165, 1.54) is 0 Å². The minimum Gasteiger partial charge on any atom is -0.338 e. The van der Waals surface area contributed by atoms with E-state index >= 15 is 0 Å². The van der Waals surface area contributed by atoms with Crippen LogP contribution >= 0.6 is 0 Å². The lowest BCUT2D eigenvalue weighted by Crippen LogP contribution is -2.45. The Morgan fingerprint density at radius 3 is 2.21 bits per heavy atom. The zero-order valence-electron chi connectivity index (χ0n) is 23.9. The van der Waals surface area contributed by atoms with Crippen molar-refractivity contribution in [3.8, 4) is 22.4 Å². The van der Waals surface area contributed by atoms with Crippen LogP contribution in [0.5, 0.6) is 0 Å². The molecule has 1 fully saturated rings. The number of aromatic nitrogens is 1. The Balaban J connectivity index is 1.47. The molecule has 3 aromatic rings. The fourth-order valence-electron chi connectivity index (χ4n) is 5.80. The van der Waals surface area contributed by atoms with Crippen LogP contribution < -0.4 is 11.1 Å². The molecule has 0 saturated heterocycles. The lowest BCUT2D eigenvalue weighted by molar-refractivity contribution is -0.134. The molecule has 0 unspecified atom stereocenters. The number of nitrogens with two attached hydrogens (primary N) is 1. The monoisotopic (exact) mass is 526 g/mol. The third-order valence-electron chi connectivity index (χ3n) is 7.76. The van der Waals surface area contributed by atoms with E-state index in [-0.39, 0.29) is 23.9 Å². The van der Waals surface area contributed by atoms with Crippen molar-refractivity contribution in [2.24, 2.45) is 11.7 Å². The maximum absolute atomic E-state index is 13.0. The average Bonchev–Trinajstić information content (AvgIpc) is 2.89. The molecule has 206 valence electrons. The summed E-state index contributed by atoms with van der Waals surface area (Å²) >= 11 is 0. The molecule has 1 aliphatic carbocycles. The number of hydrogen-bond acceptors (Lipinski definition) is 4. The van der Waals surface area contributed by atoms with E-state index < -0.39 is 5.54 Å². The molecule has 1 aromatic heterocycles. The second-order valence-corrected chi connectivity index (χ2v) is 11.7. The summed E-state index contributed by atoms with van der Waals surface area (Å²) in [5, 5.41) is 3.10. The molecular weight excluding hydrogens is 484 g/mol. The maximum atomic E-state index is 13.0. The molecule has 1 aliphatic rings. The Hall–Kier alpha value is -3.51. The lowest BCUT2D eigenvalue weighted by Gasteiger charge is -2.38. The third-order valence-corrected chi connectivity index (χ3v) is 7.76. The van der Waals surface area contributed by atoms with Crippen molar-refractivity contribution in [3.63, 3.8) is 0 Å². The van der Waals surface area contributed by atoms with E-state index in [0.29, 0.717) is 18.0 Å². The van der Waals surface area contributed by atoms with Gasteiger partial charge in [0.2, 0.25) is 11.8 Å². The summed E-state index contributed by atoms with van der Waals surface area (Å²) in [6.45, 7) is 9.77. The number of anilines is 1. The average molecular weight is 527 g/mol. The molecule has 0 atom stereocenters. The van der Waals surface area contributed by atoms with Crippen molar-refractivity contribution < 1.29 is 9.59 Å². The fraction of sp³-hybridized carbons (Fsp3) is 0.424. The predicted molar refractivity (Wildman–Crippen MR) is 159 cm³/mol. The predicted octanol–water partition coefficient (Wildman–Crippen LogP) is 6.75. The van der Waals surface area contributed by atoms with Gasteiger partial charge in [0.05, 0.1) is 17.6 Å². The number of nitrogens with one attached hydrogen (secondary N) is 1. The molecule has 0 bridgehead atoms. The number of pyridine rings is 1. The van der Waals surface area contributed by atoms with Crippen LogP contribution in [0.2, 0.25) is 0 Å². The summed E-state index contributed by atoms with van der Waals surface area (Å²) in [6.07, 6.45) is 6.03. The maximum Gasteiger partial charge on any atom is 0.224 e. The smallest absolute Gasteiger partial charge is 0.224 e. The SMILES string of the molecule is CC(=O)N(C(C)C)C1CCC(CC(=O)Nc2cnc(-c3ccc(C(C)(C)N)cc3)c(-c3ccccc3)c2)CC1. The van der Waals surface area contributed by atoms with Crippen molar-refractivity contribution in [3.05, 3.63) is 72.4 Å². The molecular formula is C33H42N4O2. The summed E-state index contributed by atoms with van der Waals surface area (Å²) in [5.74, 6) is 0.470. The normalized spacial score (nSPS) is 17.6. The van der Waals surface area contributed by atoms with Gasteiger partial charge in [0.25, 0.3) is 0 Å². The van der Waals surface area contributed by atoms with Gasteiger partial charge in [0.15, 0.2) is 0 Å². The molecule has 39 heavy (non-hydrogen) atoms. The van der Waals surface area contributed by atoms with Gasteiger partial charge in [-0.3, -0.25) is 14.6 Å². The van der Waals surface area contributed by atoms with Crippen molar-refractivity contribution in [1.29, 1.82) is 0 Å². The van der Waals surface area contributed by atoms with Gasteiger partial charge < -0.3 is 16.0 Å². The van der Waals surface area contributed by atoms with Gasteiger partial charge in [0, 0.05) is 42.1 Å². The minimum absolute atomic E-state index is 0.00817. The number of carbonyl (C=O) groups is 2. The first-order valence-corrected chi connectivity index (χ1v) is 14.1. The number of hydrogen-bond donors (Lipinski definition) is 2.